The monoisotopic (exact) mass is 276 g/mol. The molecule has 0 unspecified atom stereocenters. The van der Waals surface area contributed by atoms with E-state index in [-0.39, 0.29) is 5.88 Å². The van der Waals surface area contributed by atoms with Gasteiger partial charge in [0.1, 0.15) is 12.2 Å². The molecule has 2 aromatic rings. The predicted octanol–water partition coefficient (Wildman–Crippen LogP) is 1.88. The number of ether oxygens (including phenoxy) is 1. The minimum atomic E-state index is -2.49. The number of fused-ring (bicyclic) bond motifs is 1. The molecule has 2 aromatic heterocycles. The molecule has 5 nitrogen and oxygen atoms in total. The van der Waals surface area contributed by atoms with Crippen molar-refractivity contribution in [1.82, 2.24) is 19.5 Å². The number of alkyl halides is 3. The Morgan fingerprint density at radius 3 is 2.83 bits per heavy atom. The number of aryl methyl sites for hydroxylation is 1. The highest BCUT2D eigenvalue weighted by atomic mass is 35.5. The number of rotatable bonds is 5. The molecule has 0 aliphatic rings. The van der Waals surface area contributed by atoms with Crippen LogP contribution < -0.4 is 4.74 Å². The van der Waals surface area contributed by atoms with Gasteiger partial charge in [0.2, 0.25) is 5.88 Å². The van der Waals surface area contributed by atoms with E-state index >= 15 is 0 Å². The quantitative estimate of drug-likeness (QED) is 0.783. The molecule has 0 saturated carbocycles. The fourth-order valence-electron chi connectivity index (χ4n) is 1.72. The van der Waals surface area contributed by atoms with Gasteiger partial charge in [-0.1, -0.05) is 0 Å². The van der Waals surface area contributed by atoms with E-state index in [4.69, 9.17) is 16.3 Å². The van der Waals surface area contributed by atoms with E-state index in [1.165, 1.54) is 18.0 Å². The summed E-state index contributed by atoms with van der Waals surface area (Å²) in [5.74, 6) is 1.02. The van der Waals surface area contributed by atoms with Gasteiger partial charge >= 0.3 is 0 Å². The van der Waals surface area contributed by atoms with Gasteiger partial charge in [0.05, 0.1) is 13.7 Å². The van der Waals surface area contributed by atoms with Gasteiger partial charge in [0, 0.05) is 12.3 Å². The molecule has 0 atom stereocenters. The summed E-state index contributed by atoms with van der Waals surface area (Å²) in [6, 6.07) is 0. The lowest BCUT2D eigenvalue weighted by Gasteiger charge is -2.06. The van der Waals surface area contributed by atoms with Gasteiger partial charge in [-0.2, -0.15) is 4.98 Å². The van der Waals surface area contributed by atoms with Crippen LogP contribution in [0.2, 0.25) is 0 Å². The van der Waals surface area contributed by atoms with Crippen LogP contribution in [0.15, 0.2) is 6.33 Å². The second-order valence-electron chi connectivity index (χ2n) is 3.52. The molecule has 0 N–H and O–H groups in total. The third-order valence-corrected chi connectivity index (χ3v) is 2.60. The van der Waals surface area contributed by atoms with Crippen LogP contribution in [0.5, 0.6) is 5.88 Å². The Bertz CT molecular complexity index is 546. The first-order valence-electron chi connectivity index (χ1n) is 5.25. The van der Waals surface area contributed by atoms with Gasteiger partial charge in [-0.05, 0) is 0 Å². The fourth-order valence-corrected chi connectivity index (χ4v) is 1.88. The minimum absolute atomic E-state index is 0.267. The summed E-state index contributed by atoms with van der Waals surface area (Å²) in [4.78, 5) is 12.1. The van der Waals surface area contributed by atoms with Crippen LogP contribution >= 0.6 is 11.6 Å². The van der Waals surface area contributed by atoms with E-state index in [1.807, 2.05) is 0 Å². The number of halogens is 3. The maximum atomic E-state index is 12.6. The summed E-state index contributed by atoms with van der Waals surface area (Å²) in [6.45, 7) is -0.469. The molecule has 0 spiro atoms. The Morgan fingerprint density at radius 1 is 1.44 bits per heavy atom. The Balaban J connectivity index is 2.59. The zero-order valence-electron chi connectivity index (χ0n) is 9.61. The SMILES string of the molecule is COc1ncnc2c1nc(CCCl)n2CC(F)F. The zero-order chi connectivity index (χ0) is 13.1. The first-order chi connectivity index (χ1) is 8.67. The summed E-state index contributed by atoms with van der Waals surface area (Å²) in [6.07, 6.45) is -0.847. The van der Waals surface area contributed by atoms with E-state index in [0.717, 1.165) is 0 Å². The second-order valence-corrected chi connectivity index (χ2v) is 3.90. The zero-order valence-corrected chi connectivity index (χ0v) is 10.4. The number of nitrogens with zero attached hydrogens (tertiary/aromatic N) is 4. The molecular weight excluding hydrogens is 266 g/mol. The molecule has 18 heavy (non-hydrogen) atoms. The highest BCUT2D eigenvalue weighted by Gasteiger charge is 2.18. The van der Waals surface area contributed by atoms with Gasteiger partial charge < -0.3 is 9.30 Å². The molecule has 0 aromatic carbocycles. The first-order valence-corrected chi connectivity index (χ1v) is 5.79. The average Bonchev–Trinajstić information content (AvgIpc) is 2.67. The van der Waals surface area contributed by atoms with Crippen molar-refractivity contribution in [2.45, 2.75) is 19.4 Å². The normalized spacial score (nSPS) is 11.4. The molecule has 0 aliphatic heterocycles. The van der Waals surface area contributed by atoms with Gasteiger partial charge in [-0.3, -0.25) is 0 Å². The van der Waals surface area contributed by atoms with Crippen molar-refractivity contribution in [3.05, 3.63) is 12.2 Å². The number of imidazole rings is 1. The summed E-state index contributed by atoms with van der Waals surface area (Å²) in [5.41, 5.74) is 0.711. The Hall–Kier alpha value is -1.50. The molecule has 2 heterocycles. The van der Waals surface area contributed by atoms with E-state index in [1.54, 1.807) is 0 Å². The Labute approximate surface area is 107 Å². The van der Waals surface area contributed by atoms with Crippen molar-refractivity contribution in [1.29, 1.82) is 0 Å². The number of hydrogen-bond donors (Lipinski definition) is 0. The summed E-state index contributed by atoms with van der Waals surface area (Å²) < 4.78 is 31.5. The fraction of sp³-hybridized carbons (Fsp3) is 0.500. The van der Waals surface area contributed by atoms with Crippen LogP contribution in [-0.2, 0) is 13.0 Å². The van der Waals surface area contributed by atoms with Crippen molar-refractivity contribution < 1.29 is 13.5 Å². The molecular formula is C10H11ClF2N4O. The minimum Gasteiger partial charge on any atom is -0.479 e. The van der Waals surface area contributed by atoms with Crippen LogP contribution in [-0.4, -0.2) is 38.9 Å². The van der Waals surface area contributed by atoms with Gasteiger partial charge in [0.15, 0.2) is 11.2 Å². The van der Waals surface area contributed by atoms with Crippen molar-refractivity contribution in [3.63, 3.8) is 0 Å². The highest BCUT2D eigenvalue weighted by Crippen LogP contribution is 2.22. The van der Waals surface area contributed by atoms with Crippen LogP contribution in [0, 0.1) is 0 Å². The predicted molar refractivity (Wildman–Crippen MR) is 62.3 cm³/mol. The Morgan fingerprint density at radius 2 is 2.22 bits per heavy atom. The second kappa shape index (κ2) is 5.43. The molecule has 2 rings (SSSR count). The van der Waals surface area contributed by atoms with Gasteiger partial charge in [0.25, 0.3) is 6.43 Å². The molecule has 0 amide bonds. The smallest absolute Gasteiger partial charge is 0.256 e. The third-order valence-electron chi connectivity index (χ3n) is 2.41. The molecule has 0 fully saturated rings. The number of hydrogen-bond acceptors (Lipinski definition) is 4. The van der Waals surface area contributed by atoms with Crippen LogP contribution in [0.25, 0.3) is 11.2 Å². The molecule has 98 valence electrons. The van der Waals surface area contributed by atoms with Crippen LogP contribution in [0.4, 0.5) is 8.78 Å². The first kappa shape index (κ1) is 12.9. The highest BCUT2D eigenvalue weighted by molar-refractivity contribution is 6.17. The van der Waals surface area contributed by atoms with E-state index in [0.29, 0.717) is 29.3 Å². The molecule has 8 heteroatoms. The van der Waals surface area contributed by atoms with Crippen LogP contribution in [0.3, 0.4) is 0 Å². The van der Waals surface area contributed by atoms with Crippen molar-refractivity contribution in [3.8, 4) is 5.88 Å². The van der Waals surface area contributed by atoms with E-state index in [9.17, 15) is 8.78 Å². The van der Waals surface area contributed by atoms with Crippen molar-refractivity contribution in [2.75, 3.05) is 13.0 Å². The Kier molecular flexibility index (Phi) is 3.90. The van der Waals surface area contributed by atoms with E-state index in [2.05, 4.69) is 15.0 Å². The van der Waals surface area contributed by atoms with Gasteiger partial charge in [-0.25, -0.2) is 18.7 Å². The maximum Gasteiger partial charge on any atom is 0.256 e. The number of aromatic nitrogens is 4. The van der Waals surface area contributed by atoms with Crippen molar-refractivity contribution >= 4 is 22.8 Å². The lowest BCUT2D eigenvalue weighted by Crippen LogP contribution is -2.11. The van der Waals surface area contributed by atoms with E-state index < -0.39 is 13.0 Å². The number of methoxy groups -OCH3 is 1. The topological polar surface area (TPSA) is 52.8 Å². The summed E-state index contributed by atoms with van der Waals surface area (Å²) >= 11 is 5.64. The third kappa shape index (κ3) is 2.35. The van der Waals surface area contributed by atoms with Crippen molar-refractivity contribution in [2.24, 2.45) is 0 Å². The lowest BCUT2D eigenvalue weighted by atomic mass is 10.4. The average molecular weight is 277 g/mol. The van der Waals surface area contributed by atoms with Crippen LogP contribution in [0.1, 0.15) is 5.82 Å². The lowest BCUT2D eigenvalue weighted by molar-refractivity contribution is 0.126. The summed E-state index contributed by atoms with van der Waals surface area (Å²) in [5, 5.41) is 0. The maximum absolute atomic E-state index is 12.6. The standard InChI is InChI=1S/C10H11ClF2N4O/c1-18-10-8-9(14-5-15-10)17(4-6(12)13)7(16-8)2-3-11/h5-6H,2-4H2,1H3. The summed E-state index contributed by atoms with van der Waals surface area (Å²) in [7, 11) is 1.44. The molecule has 0 aliphatic carbocycles. The molecule has 0 saturated heterocycles. The molecule has 0 radical (unpaired) electrons. The molecule has 0 bridgehead atoms. The largest absolute Gasteiger partial charge is 0.479 e. The van der Waals surface area contributed by atoms with Gasteiger partial charge in [-0.15, -0.1) is 11.6 Å².